The number of imidazole rings is 1. The number of aromatic nitrogens is 2. The van der Waals surface area contributed by atoms with Crippen molar-refractivity contribution in [3.63, 3.8) is 0 Å². The summed E-state index contributed by atoms with van der Waals surface area (Å²) in [6, 6.07) is 5.35. The molecule has 2 heterocycles. The molecule has 2 N–H and O–H groups in total. The molecule has 1 aromatic carbocycles. The molecule has 1 atom stereocenters. The van der Waals surface area contributed by atoms with Crippen molar-refractivity contribution in [3.8, 4) is 17.2 Å². The fourth-order valence-corrected chi connectivity index (χ4v) is 2.14. The number of aliphatic hydroxyl groups excluding tert-OH is 1. The van der Waals surface area contributed by atoms with Crippen molar-refractivity contribution in [2.45, 2.75) is 12.6 Å². The van der Waals surface area contributed by atoms with E-state index in [0.29, 0.717) is 30.3 Å². The Labute approximate surface area is 128 Å². The summed E-state index contributed by atoms with van der Waals surface area (Å²) in [5.74, 6) is 2.03. The minimum atomic E-state index is -0.598. The van der Waals surface area contributed by atoms with E-state index in [1.165, 1.54) is 0 Å². The minimum absolute atomic E-state index is 0.206. The van der Waals surface area contributed by atoms with Gasteiger partial charge in [0.2, 0.25) is 6.79 Å². The van der Waals surface area contributed by atoms with Crippen molar-refractivity contribution in [1.82, 2.24) is 14.9 Å². The highest BCUT2D eigenvalue weighted by Gasteiger charge is 2.14. The molecule has 118 valence electrons. The quantitative estimate of drug-likeness (QED) is 0.783. The van der Waals surface area contributed by atoms with Crippen LogP contribution in [-0.2, 0) is 13.6 Å². The number of nitrogens with one attached hydrogen (secondary N) is 1. The normalized spacial score (nSPS) is 14.1. The highest BCUT2D eigenvalue weighted by atomic mass is 16.7. The molecular formula is C15H19N3O4. The van der Waals surface area contributed by atoms with Gasteiger partial charge >= 0.3 is 0 Å². The number of fused-ring (bicyclic) bond motifs is 1. The molecule has 7 heteroatoms. The van der Waals surface area contributed by atoms with Gasteiger partial charge in [-0.3, -0.25) is 0 Å². The summed E-state index contributed by atoms with van der Waals surface area (Å²) < 4.78 is 18.0. The molecule has 0 radical (unpaired) electrons. The number of nitrogens with zero attached hydrogens (tertiary/aromatic N) is 2. The maximum Gasteiger partial charge on any atom is 0.231 e. The van der Waals surface area contributed by atoms with E-state index in [2.05, 4.69) is 10.3 Å². The number of aryl methyl sites for hydroxylation is 1. The number of rotatable bonds is 7. The van der Waals surface area contributed by atoms with Gasteiger partial charge in [0, 0.05) is 32.4 Å². The molecule has 1 aromatic heterocycles. The lowest BCUT2D eigenvalue weighted by molar-refractivity contribution is 0.106. The molecular weight excluding hydrogens is 286 g/mol. The van der Waals surface area contributed by atoms with E-state index in [0.717, 1.165) is 5.69 Å². The Morgan fingerprint density at radius 3 is 3.09 bits per heavy atom. The zero-order valence-corrected chi connectivity index (χ0v) is 12.4. The fraction of sp³-hybridized carbons (Fsp3) is 0.400. The lowest BCUT2D eigenvalue weighted by Crippen LogP contribution is -2.31. The maximum atomic E-state index is 9.94. The summed E-state index contributed by atoms with van der Waals surface area (Å²) >= 11 is 0. The molecule has 0 unspecified atom stereocenters. The van der Waals surface area contributed by atoms with E-state index in [1.54, 1.807) is 30.7 Å². The second kappa shape index (κ2) is 6.67. The summed E-state index contributed by atoms with van der Waals surface area (Å²) in [5.41, 5.74) is 1.06. The van der Waals surface area contributed by atoms with Gasteiger partial charge in [0.1, 0.15) is 18.5 Å². The van der Waals surface area contributed by atoms with Crippen molar-refractivity contribution >= 4 is 0 Å². The molecule has 0 spiro atoms. The van der Waals surface area contributed by atoms with E-state index < -0.39 is 6.10 Å². The second-order valence-corrected chi connectivity index (χ2v) is 5.11. The van der Waals surface area contributed by atoms with E-state index in [1.807, 2.05) is 11.6 Å². The predicted molar refractivity (Wildman–Crippen MR) is 79.0 cm³/mol. The largest absolute Gasteiger partial charge is 0.491 e. The first-order valence-corrected chi connectivity index (χ1v) is 7.09. The molecule has 22 heavy (non-hydrogen) atoms. The van der Waals surface area contributed by atoms with Gasteiger partial charge in [0.15, 0.2) is 11.5 Å². The van der Waals surface area contributed by atoms with Gasteiger partial charge in [-0.25, -0.2) is 4.98 Å². The van der Waals surface area contributed by atoms with Gasteiger partial charge in [0.25, 0.3) is 0 Å². The van der Waals surface area contributed by atoms with Crippen LogP contribution in [0.15, 0.2) is 30.7 Å². The fourth-order valence-electron chi connectivity index (χ4n) is 2.14. The Kier molecular flexibility index (Phi) is 4.45. The Morgan fingerprint density at radius 2 is 2.27 bits per heavy atom. The highest BCUT2D eigenvalue weighted by Crippen LogP contribution is 2.35. The van der Waals surface area contributed by atoms with Crippen LogP contribution in [0.5, 0.6) is 17.2 Å². The van der Waals surface area contributed by atoms with Crippen molar-refractivity contribution in [2.75, 3.05) is 19.9 Å². The third-order valence-corrected chi connectivity index (χ3v) is 3.39. The van der Waals surface area contributed by atoms with Crippen LogP contribution in [0.1, 0.15) is 5.69 Å². The van der Waals surface area contributed by atoms with Crippen LogP contribution >= 0.6 is 0 Å². The Bertz CT molecular complexity index is 629. The van der Waals surface area contributed by atoms with Gasteiger partial charge in [-0.15, -0.1) is 0 Å². The Hall–Kier alpha value is -2.25. The summed E-state index contributed by atoms with van der Waals surface area (Å²) in [6.07, 6.45) is 2.94. The molecule has 0 aliphatic carbocycles. The average Bonchev–Trinajstić information content (AvgIpc) is 3.14. The van der Waals surface area contributed by atoms with Crippen molar-refractivity contribution in [2.24, 2.45) is 7.05 Å². The zero-order valence-electron chi connectivity index (χ0n) is 12.4. The molecule has 3 rings (SSSR count). The van der Waals surface area contributed by atoms with Crippen molar-refractivity contribution in [1.29, 1.82) is 0 Å². The van der Waals surface area contributed by atoms with Gasteiger partial charge in [-0.2, -0.15) is 0 Å². The van der Waals surface area contributed by atoms with Crippen LogP contribution in [0.25, 0.3) is 0 Å². The number of aliphatic hydroxyl groups is 1. The van der Waals surface area contributed by atoms with Crippen LogP contribution in [0.3, 0.4) is 0 Å². The Balaban J connectivity index is 1.40. The van der Waals surface area contributed by atoms with Gasteiger partial charge in [0.05, 0.1) is 12.0 Å². The summed E-state index contributed by atoms with van der Waals surface area (Å²) in [6.45, 7) is 1.53. The first-order chi connectivity index (χ1) is 10.7. The Morgan fingerprint density at radius 1 is 1.41 bits per heavy atom. The number of ether oxygens (including phenoxy) is 3. The zero-order chi connectivity index (χ0) is 15.4. The van der Waals surface area contributed by atoms with Crippen molar-refractivity contribution < 1.29 is 19.3 Å². The lowest BCUT2D eigenvalue weighted by Gasteiger charge is -2.13. The molecule has 7 nitrogen and oxygen atoms in total. The van der Waals surface area contributed by atoms with Gasteiger partial charge in [-0.1, -0.05) is 0 Å². The third kappa shape index (κ3) is 3.49. The molecule has 2 aromatic rings. The molecule has 0 saturated carbocycles. The highest BCUT2D eigenvalue weighted by molar-refractivity contribution is 5.46. The molecule has 0 amide bonds. The van der Waals surface area contributed by atoms with Crippen LogP contribution < -0.4 is 19.5 Å². The van der Waals surface area contributed by atoms with E-state index in [4.69, 9.17) is 14.2 Å². The SMILES string of the molecule is Cn1cncc1CNC[C@@H](O)COc1ccc2c(c1)OCO2. The number of hydrogen-bond acceptors (Lipinski definition) is 6. The predicted octanol–water partition coefficient (Wildman–Crippen LogP) is 0.678. The minimum Gasteiger partial charge on any atom is -0.491 e. The first kappa shape index (κ1) is 14.7. The number of hydrogen-bond donors (Lipinski definition) is 2. The summed E-state index contributed by atoms with van der Waals surface area (Å²) in [7, 11) is 1.93. The van der Waals surface area contributed by atoms with Crippen LogP contribution in [0, 0.1) is 0 Å². The first-order valence-electron chi connectivity index (χ1n) is 7.09. The lowest BCUT2D eigenvalue weighted by atomic mass is 10.3. The van der Waals surface area contributed by atoms with E-state index in [-0.39, 0.29) is 13.4 Å². The van der Waals surface area contributed by atoms with Gasteiger partial charge < -0.3 is 29.2 Å². The number of benzene rings is 1. The molecule has 0 fully saturated rings. The second-order valence-electron chi connectivity index (χ2n) is 5.11. The molecule has 1 aliphatic heterocycles. The summed E-state index contributed by atoms with van der Waals surface area (Å²) in [5, 5.41) is 13.1. The van der Waals surface area contributed by atoms with Crippen LogP contribution in [0.2, 0.25) is 0 Å². The standard InChI is InChI=1S/C15H19N3O4/c1-18-9-17-6-11(18)5-16-7-12(19)8-20-13-2-3-14-15(4-13)22-10-21-14/h2-4,6,9,12,16,19H,5,7-8,10H2,1H3/t12-/m1/s1. The smallest absolute Gasteiger partial charge is 0.231 e. The summed E-state index contributed by atoms with van der Waals surface area (Å²) in [4.78, 5) is 4.04. The van der Waals surface area contributed by atoms with E-state index >= 15 is 0 Å². The van der Waals surface area contributed by atoms with E-state index in [9.17, 15) is 5.11 Å². The molecule has 0 bridgehead atoms. The van der Waals surface area contributed by atoms with Crippen molar-refractivity contribution in [3.05, 3.63) is 36.4 Å². The topological polar surface area (TPSA) is 77.8 Å². The average molecular weight is 305 g/mol. The third-order valence-electron chi connectivity index (χ3n) is 3.39. The van der Waals surface area contributed by atoms with Gasteiger partial charge in [-0.05, 0) is 12.1 Å². The molecule has 1 aliphatic rings. The van der Waals surface area contributed by atoms with Crippen LogP contribution in [0.4, 0.5) is 0 Å². The monoisotopic (exact) mass is 305 g/mol. The molecule has 0 saturated heterocycles. The maximum absolute atomic E-state index is 9.94. The van der Waals surface area contributed by atoms with Crippen LogP contribution in [-0.4, -0.2) is 40.7 Å².